The van der Waals surface area contributed by atoms with Crippen molar-refractivity contribution >= 4 is 56.1 Å². The largest absolute Gasteiger partial charge is 0.353 e. The molecule has 6 nitrogen and oxygen atoms in total. The molecule has 38 heavy (non-hydrogen) atoms. The van der Waals surface area contributed by atoms with Gasteiger partial charge in [-0.25, -0.2) is 0 Å². The maximum atomic E-state index is 13.9. The number of nitrogens with zero attached hydrogens (tertiary/aromatic N) is 2. The molecule has 2 N–H and O–H groups in total. The molecule has 0 saturated heterocycles. The zero-order chi connectivity index (χ0) is 25.6. The second kappa shape index (κ2) is 8.64. The summed E-state index contributed by atoms with van der Waals surface area (Å²) in [5.41, 5.74) is 5.62. The fourth-order valence-electron chi connectivity index (χ4n) is 5.13. The highest BCUT2D eigenvalue weighted by molar-refractivity contribution is 6.32. The van der Waals surface area contributed by atoms with E-state index in [0.717, 1.165) is 33.2 Å². The monoisotopic (exact) mass is 492 g/mol. The Morgan fingerprint density at radius 1 is 0.447 bits per heavy atom. The lowest BCUT2D eigenvalue weighted by Gasteiger charge is -2.24. The average molecular weight is 493 g/mol. The Hall–Kier alpha value is -5.36. The summed E-state index contributed by atoms with van der Waals surface area (Å²) in [4.78, 5) is 36.9. The first-order valence-corrected chi connectivity index (χ1v) is 12.3. The number of hydrogen-bond acceptors (Lipinski definition) is 6. The van der Waals surface area contributed by atoms with Gasteiger partial charge in [0.2, 0.25) is 0 Å². The van der Waals surface area contributed by atoms with Crippen LogP contribution in [0.2, 0.25) is 0 Å². The lowest BCUT2D eigenvalue weighted by Crippen LogP contribution is -2.23. The molecule has 0 atom stereocenters. The van der Waals surface area contributed by atoms with Crippen LogP contribution < -0.4 is 10.6 Å². The highest BCUT2D eigenvalue weighted by Crippen LogP contribution is 2.39. The summed E-state index contributed by atoms with van der Waals surface area (Å²) in [6, 6.07) is 30.0. The zero-order valence-electron chi connectivity index (χ0n) is 20.1. The first-order chi connectivity index (χ1) is 18.7. The van der Waals surface area contributed by atoms with Gasteiger partial charge in [0.05, 0.1) is 44.9 Å². The maximum absolute atomic E-state index is 13.9. The van der Waals surface area contributed by atoms with Crippen molar-refractivity contribution in [2.24, 2.45) is 0 Å². The molecular weight excluding hydrogens is 472 g/mol. The molecule has 6 aromatic rings. The Kier molecular flexibility index (Phi) is 4.97. The van der Waals surface area contributed by atoms with Crippen LogP contribution in [0.3, 0.4) is 0 Å². The van der Waals surface area contributed by atoms with Crippen molar-refractivity contribution in [3.05, 3.63) is 132 Å². The fraction of sp³-hybridized carbons (Fsp3) is 0. The number of para-hydroxylation sites is 2. The van der Waals surface area contributed by atoms with Crippen molar-refractivity contribution < 1.29 is 9.59 Å². The molecule has 2 heterocycles. The van der Waals surface area contributed by atoms with Crippen LogP contribution in [0.4, 0.5) is 22.7 Å². The number of rotatable bonds is 4. The minimum absolute atomic E-state index is 0.203. The third kappa shape index (κ3) is 3.43. The third-order valence-corrected chi connectivity index (χ3v) is 6.88. The van der Waals surface area contributed by atoms with Gasteiger partial charge in [-0.05, 0) is 36.4 Å². The second-order valence-corrected chi connectivity index (χ2v) is 9.13. The molecule has 0 aliphatic heterocycles. The zero-order valence-corrected chi connectivity index (χ0v) is 20.1. The topological polar surface area (TPSA) is 84.0 Å². The van der Waals surface area contributed by atoms with E-state index >= 15 is 0 Å². The van der Waals surface area contributed by atoms with Gasteiger partial charge >= 0.3 is 0 Å². The predicted molar refractivity (Wildman–Crippen MR) is 150 cm³/mol. The number of benzene rings is 4. The molecule has 0 saturated carbocycles. The van der Waals surface area contributed by atoms with E-state index in [-0.39, 0.29) is 11.6 Å². The molecule has 180 valence electrons. The van der Waals surface area contributed by atoms with Crippen molar-refractivity contribution in [3.63, 3.8) is 0 Å². The smallest absolute Gasteiger partial charge is 0.196 e. The van der Waals surface area contributed by atoms with Crippen molar-refractivity contribution in [3.8, 4) is 0 Å². The number of carbonyl (C=O) groups excluding carboxylic acids is 2. The Labute approximate surface area is 218 Å². The molecule has 0 bridgehead atoms. The number of carbonyl (C=O) groups is 2. The van der Waals surface area contributed by atoms with Gasteiger partial charge in [-0.3, -0.25) is 19.6 Å². The summed E-state index contributed by atoms with van der Waals surface area (Å²) in [6.07, 6.45) is 3.47. The van der Waals surface area contributed by atoms with E-state index in [1.165, 1.54) is 0 Å². The van der Waals surface area contributed by atoms with E-state index in [2.05, 4.69) is 20.6 Å². The van der Waals surface area contributed by atoms with Crippen LogP contribution in [0.5, 0.6) is 0 Å². The molecule has 7 rings (SSSR count). The Morgan fingerprint density at radius 2 is 0.895 bits per heavy atom. The molecule has 2 aromatic heterocycles. The van der Waals surface area contributed by atoms with Gasteiger partial charge in [0.15, 0.2) is 11.6 Å². The maximum Gasteiger partial charge on any atom is 0.196 e. The standard InChI is InChI=1S/C32H20N4O2/c37-31-21-11-1-2-12-22(21)32(38)28-24(36-26-14-4-8-20-10-6-18-34-30(20)26)16-15-23(27(28)31)35-25-13-3-7-19-9-5-17-33-29(19)25/h1-18,35-36H. The van der Waals surface area contributed by atoms with Crippen molar-refractivity contribution in [1.29, 1.82) is 0 Å². The second-order valence-electron chi connectivity index (χ2n) is 9.13. The summed E-state index contributed by atoms with van der Waals surface area (Å²) >= 11 is 0. The van der Waals surface area contributed by atoms with Crippen LogP contribution in [-0.2, 0) is 0 Å². The van der Waals surface area contributed by atoms with Gasteiger partial charge in [0, 0.05) is 34.3 Å². The molecule has 4 aromatic carbocycles. The molecule has 0 fully saturated rings. The first-order valence-electron chi connectivity index (χ1n) is 12.3. The summed E-state index contributed by atoms with van der Waals surface area (Å²) in [5.74, 6) is -0.406. The van der Waals surface area contributed by atoms with Crippen LogP contribution in [0.15, 0.2) is 109 Å². The van der Waals surface area contributed by atoms with E-state index in [9.17, 15) is 9.59 Å². The van der Waals surface area contributed by atoms with E-state index < -0.39 is 0 Å². The van der Waals surface area contributed by atoms with Crippen LogP contribution in [-0.4, -0.2) is 21.5 Å². The normalized spacial score (nSPS) is 12.3. The molecule has 6 heteroatoms. The Balaban J connectivity index is 1.42. The molecule has 0 amide bonds. The highest BCUT2D eigenvalue weighted by Gasteiger charge is 2.34. The molecule has 1 aliphatic rings. The Morgan fingerprint density at radius 3 is 1.37 bits per heavy atom. The van der Waals surface area contributed by atoms with Crippen LogP contribution in [0, 0.1) is 0 Å². The predicted octanol–water partition coefficient (Wildman–Crippen LogP) is 7.05. The summed E-state index contributed by atoms with van der Waals surface area (Å²) in [7, 11) is 0. The average Bonchev–Trinajstić information content (AvgIpc) is 2.97. The van der Waals surface area contributed by atoms with Gasteiger partial charge in [-0.2, -0.15) is 0 Å². The van der Waals surface area contributed by atoms with E-state index in [4.69, 9.17) is 0 Å². The molecular formula is C32H20N4O2. The molecule has 0 spiro atoms. The lowest BCUT2D eigenvalue weighted by molar-refractivity contribution is 0.0980. The fourth-order valence-corrected chi connectivity index (χ4v) is 5.13. The van der Waals surface area contributed by atoms with Gasteiger partial charge in [-0.1, -0.05) is 60.7 Å². The highest BCUT2D eigenvalue weighted by atomic mass is 16.1. The number of fused-ring (bicyclic) bond motifs is 4. The number of hydrogen-bond donors (Lipinski definition) is 2. The Bertz CT molecular complexity index is 1780. The van der Waals surface area contributed by atoms with E-state index in [1.807, 2.05) is 72.8 Å². The SMILES string of the molecule is O=C1c2ccccc2C(=O)c2c(Nc3cccc4cccnc34)ccc(Nc3cccc4cccnc34)c21. The van der Waals surface area contributed by atoms with Crippen molar-refractivity contribution in [2.45, 2.75) is 0 Å². The quantitative estimate of drug-likeness (QED) is 0.274. The minimum Gasteiger partial charge on any atom is -0.353 e. The number of aromatic nitrogens is 2. The van der Waals surface area contributed by atoms with Crippen LogP contribution in [0.1, 0.15) is 31.8 Å². The molecule has 0 radical (unpaired) electrons. The van der Waals surface area contributed by atoms with Gasteiger partial charge in [0.1, 0.15) is 0 Å². The number of ketones is 2. The number of nitrogens with one attached hydrogen (secondary N) is 2. The number of pyridine rings is 2. The third-order valence-electron chi connectivity index (χ3n) is 6.88. The van der Waals surface area contributed by atoms with Crippen LogP contribution >= 0.6 is 0 Å². The first kappa shape index (κ1) is 21.9. The summed E-state index contributed by atoms with van der Waals surface area (Å²) in [5, 5.41) is 8.75. The van der Waals surface area contributed by atoms with Gasteiger partial charge in [-0.15, -0.1) is 0 Å². The summed E-state index contributed by atoms with van der Waals surface area (Å²) in [6.45, 7) is 0. The van der Waals surface area contributed by atoms with Gasteiger partial charge in [0.25, 0.3) is 0 Å². The van der Waals surface area contributed by atoms with Crippen LogP contribution in [0.25, 0.3) is 21.8 Å². The minimum atomic E-state index is -0.203. The number of anilines is 4. The van der Waals surface area contributed by atoms with E-state index in [0.29, 0.717) is 33.6 Å². The van der Waals surface area contributed by atoms with Crippen molar-refractivity contribution in [1.82, 2.24) is 9.97 Å². The summed E-state index contributed by atoms with van der Waals surface area (Å²) < 4.78 is 0. The van der Waals surface area contributed by atoms with Gasteiger partial charge < -0.3 is 10.6 Å². The van der Waals surface area contributed by atoms with Crippen molar-refractivity contribution in [2.75, 3.05) is 10.6 Å². The molecule has 0 unspecified atom stereocenters. The molecule has 1 aliphatic carbocycles. The lowest BCUT2D eigenvalue weighted by atomic mass is 9.82. The van der Waals surface area contributed by atoms with E-state index in [1.54, 1.807) is 36.7 Å².